The van der Waals surface area contributed by atoms with E-state index in [0.29, 0.717) is 18.7 Å². The minimum atomic E-state index is -4.42. The molecule has 0 radical (unpaired) electrons. The van der Waals surface area contributed by atoms with E-state index in [0.717, 1.165) is 6.07 Å². The highest BCUT2D eigenvalue weighted by Gasteiger charge is 2.36. The summed E-state index contributed by atoms with van der Waals surface area (Å²) >= 11 is 5.49. The van der Waals surface area contributed by atoms with E-state index in [-0.39, 0.29) is 5.56 Å². The lowest BCUT2D eigenvalue weighted by Gasteiger charge is -2.13. The largest absolute Gasteiger partial charge is 0.416 e. The Morgan fingerprint density at radius 3 is 2.47 bits per heavy atom. The summed E-state index contributed by atoms with van der Waals surface area (Å²) in [5.41, 5.74) is -0.685. The van der Waals surface area contributed by atoms with E-state index >= 15 is 0 Å². The quantitative estimate of drug-likeness (QED) is 0.547. The lowest BCUT2D eigenvalue weighted by Crippen LogP contribution is -2.10. The SMILES string of the molecule is [C-]#[N+]C(CCCCl)c1ccccc1C(F)(F)F. The van der Waals surface area contributed by atoms with Gasteiger partial charge >= 0.3 is 6.18 Å². The van der Waals surface area contributed by atoms with Crippen LogP contribution in [0.25, 0.3) is 4.85 Å². The molecule has 0 aliphatic rings. The molecule has 0 fully saturated rings. The van der Waals surface area contributed by atoms with Gasteiger partial charge < -0.3 is 4.85 Å². The first kappa shape index (κ1) is 13.9. The molecular formula is C12H11ClF3N. The van der Waals surface area contributed by atoms with Gasteiger partial charge in [0.1, 0.15) is 0 Å². The molecule has 1 nitrogen and oxygen atoms in total. The molecule has 1 rings (SSSR count). The molecule has 0 aliphatic heterocycles. The molecule has 0 spiro atoms. The molecule has 1 aromatic rings. The molecule has 17 heavy (non-hydrogen) atoms. The summed E-state index contributed by atoms with van der Waals surface area (Å²) in [5.74, 6) is 0.347. The van der Waals surface area contributed by atoms with Crippen LogP contribution in [0.3, 0.4) is 0 Å². The fourth-order valence-electron chi connectivity index (χ4n) is 1.61. The maximum absolute atomic E-state index is 12.7. The second kappa shape index (κ2) is 5.92. The van der Waals surface area contributed by atoms with Crippen molar-refractivity contribution in [1.29, 1.82) is 0 Å². The van der Waals surface area contributed by atoms with Gasteiger partial charge in [0.2, 0.25) is 6.04 Å². The van der Waals surface area contributed by atoms with Crippen LogP contribution in [0.5, 0.6) is 0 Å². The van der Waals surface area contributed by atoms with Crippen molar-refractivity contribution in [3.63, 3.8) is 0 Å². The van der Waals surface area contributed by atoms with Crippen LogP contribution < -0.4 is 0 Å². The van der Waals surface area contributed by atoms with Gasteiger partial charge in [0.15, 0.2) is 0 Å². The molecule has 92 valence electrons. The predicted octanol–water partition coefficient (Wildman–Crippen LogP) is 4.68. The maximum Gasteiger partial charge on any atom is 0.416 e. The van der Waals surface area contributed by atoms with E-state index in [2.05, 4.69) is 4.85 Å². The van der Waals surface area contributed by atoms with Crippen molar-refractivity contribution in [2.24, 2.45) is 0 Å². The molecule has 0 aromatic heterocycles. The van der Waals surface area contributed by atoms with Crippen molar-refractivity contribution in [2.45, 2.75) is 25.1 Å². The highest BCUT2D eigenvalue weighted by Crippen LogP contribution is 2.37. The fraction of sp³-hybridized carbons (Fsp3) is 0.417. The molecule has 1 aromatic carbocycles. The maximum atomic E-state index is 12.7. The third-order valence-electron chi connectivity index (χ3n) is 2.39. The fourth-order valence-corrected chi connectivity index (χ4v) is 1.76. The number of halogens is 4. The van der Waals surface area contributed by atoms with Crippen LogP contribution in [0.2, 0.25) is 0 Å². The van der Waals surface area contributed by atoms with Crippen LogP contribution >= 0.6 is 11.6 Å². The first-order chi connectivity index (χ1) is 8.00. The van der Waals surface area contributed by atoms with Gasteiger partial charge in [-0.3, -0.25) is 0 Å². The van der Waals surface area contributed by atoms with E-state index in [1.807, 2.05) is 0 Å². The molecule has 5 heteroatoms. The van der Waals surface area contributed by atoms with Gasteiger partial charge in [0.25, 0.3) is 0 Å². The number of hydrogen-bond donors (Lipinski definition) is 0. The summed E-state index contributed by atoms with van der Waals surface area (Å²) in [6.45, 7) is 6.99. The monoisotopic (exact) mass is 261 g/mol. The van der Waals surface area contributed by atoms with Gasteiger partial charge in [0, 0.05) is 17.9 Å². The third-order valence-corrected chi connectivity index (χ3v) is 2.66. The Balaban J connectivity index is 3.08. The average molecular weight is 262 g/mol. The Labute approximate surface area is 103 Å². The molecule has 0 heterocycles. The van der Waals surface area contributed by atoms with Gasteiger partial charge in [-0.05, 0) is 12.5 Å². The minimum absolute atomic E-state index is 0.0418. The van der Waals surface area contributed by atoms with Gasteiger partial charge in [-0.25, -0.2) is 6.57 Å². The minimum Gasteiger partial charge on any atom is -0.308 e. The van der Waals surface area contributed by atoms with Gasteiger partial charge in [0.05, 0.1) is 5.56 Å². The second-order valence-corrected chi connectivity index (χ2v) is 3.94. The average Bonchev–Trinajstić information content (AvgIpc) is 2.29. The number of benzene rings is 1. The van der Waals surface area contributed by atoms with E-state index in [1.165, 1.54) is 18.2 Å². The summed E-state index contributed by atoms with van der Waals surface area (Å²) in [5, 5.41) is 0. The van der Waals surface area contributed by atoms with Crippen LogP contribution in [0.15, 0.2) is 24.3 Å². The smallest absolute Gasteiger partial charge is 0.308 e. The topological polar surface area (TPSA) is 4.36 Å². The first-order valence-corrected chi connectivity index (χ1v) is 5.62. The lowest BCUT2D eigenvalue weighted by molar-refractivity contribution is -0.138. The highest BCUT2D eigenvalue weighted by molar-refractivity contribution is 6.17. The Morgan fingerprint density at radius 1 is 1.29 bits per heavy atom. The zero-order valence-corrected chi connectivity index (χ0v) is 9.72. The summed E-state index contributed by atoms with van der Waals surface area (Å²) in [6, 6.07) is 4.44. The third kappa shape index (κ3) is 3.64. The van der Waals surface area contributed by atoms with E-state index in [9.17, 15) is 13.2 Å². The summed E-state index contributed by atoms with van der Waals surface area (Å²) in [6.07, 6.45) is -3.54. The Hall–Kier alpha value is -1.21. The van der Waals surface area contributed by atoms with Gasteiger partial charge in [-0.1, -0.05) is 18.2 Å². The van der Waals surface area contributed by atoms with Crippen LogP contribution in [0, 0.1) is 6.57 Å². The number of nitrogens with zero attached hydrogens (tertiary/aromatic N) is 1. The van der Waals surface area contributed by atoms with Crippen molar-refractivity contribution in [1.82, 2.24) is 0 Å². The summed E-state index contributed by atoms with van der Waals surface area (Å²) in [4.78, 5) is 3.26. The second-order valence-electron chi connectivity index (χ2n) is 3.56. The standard InChI is InChI=1S/C12H11ClF3N/c1-17-11(7-4-8-13)9-5-2-3-6-10(9)12(14,15)16/h2-3,5-6,11H,4,7-8H2. The Morgan fingerprint density at radius 2 is 1.94 bits per heavy atom. The van der Waals surface area contributed by atoms with Crippen LogP contribution in [-0.4, -0.2) is 5.88 Å². The zero-order valence-electron chi connectivity index (χ0n) is 8.97. The van der Waals surface area contributed by atoms with Crippen molar-refractivity contribution in [3.8, 4) is 0 Å². The Kier molecular flexibility index (Phi) is 4.83. The Bertz CT molecular complexity index is 409. The highest BCUT2D eigenvalue weighted by atomic mass is 35.5. The summed E-state index contributed by atoms with van der Waals surface area (Å²) < 4.78 is 38.2. The summed E-state index contributed by atoms with van der Waals surface area (Å²) in [7, 11) is 0. The zero-order chi connectivity index (χ0) is 12.9. The van der Waals surface area contributed by atoms with Crippen LogP contribution in [0.1, 0.15) is 30.0 Å². The number of hydrogen-bond acceptors (Lipinski definition) is 0. The number of alkyl halides is 4. The molecule has 0 saturated heterocycles. The normalized spacial score (nSPS) is 13.1. The molecule has 0 saturated carbocycles. The van der Waals surface area contributed by atoms with Crippen molar-refractivity contribution in [2.75, 3.05) is 5.88 Å². The van der Waals surface area contributed by atoms with Crippen LogP contribution in [-0.2, 0) is 6.18 Å². The van der Waals surface area contributed by atoms with E-state index < -0.39 is 17.8 Å². The molecule has 0 bridgehead atoms. The predicted molar refractivity (Wildman–Crippen MR) is 60.7 cm³/mol. The first-order valence-electron chi connectivity index (χ1n) is 5.09. The number of rotatable bonds is 4. The van der Waals surface area contributed by atoms with Gasteiger partial charge in [-0.15, -0.1) is 11.6 Å². The molecule has 0 aliphatic carbocycles. The van der Waals surface area contributed by atoms with E-state index in [1.54, 1.807) is 0 Å². The molecule has 0 amide bonds. The lowest BCUT2D eigenvalue weighted by atomic mass is 9.97. The molecule has 1 atom stereocenters. The van der Waals surface area contributed by atoms with E-state index in [4.69, 9.17) is 18.2 Å². The van der Waals surface area contributed by atoms with Crippen molar-refractivity contribution in [3.05, 3.63) is 46.8 Å². The van der Waals surface area contributed by atoms with Crippen molar-refractivity contribution >= 4 is 11.6 Å². The molecular weight excluding hydrogens is 251 g/mol. The molecule has 1 unspecified atom stereocenters. The molecule has 0 N–H and O–H groups in total. The van der Waals surface area contributed by atoms with Crippen LogP contribution in [0.4, 0.5) is 13.2 Å². The van der Waals surface area contributed by atoms with Gasteiger partial charge in [-0.2, -0.15) is 13.2 Å². The van der Waals surface area contributed by atoms with Crippen molar-refractivity contribution < 1.29 is 13.2 Å².